The van der Waals surface area contributed by atoms with Crippen molar-refractivity contribution < 1.29 is 0 Å². The first-order chi connectivity index (χ1) is 8.69. The van der Waals surface area contributed by atoms with E-state index >= 15 is 0 Å². The lowest BCUT2D eigenvalue weighted by atomic mass is 10.1. The number of nitrogen functional groups attached to an aromatic ring is 1. The molecule has 0 heterocycles. The number of nitrogens with two attached hydrogens (primary N) is 1. The Morgan fingerprint density at radius 3 is 2.33 bits per heavy atom. The number of anilines is 2. The Morgan fingerprint density at radius 2 is 1.72 bits per heavy atom. The smallest absolute Gasteiger partial charge is 0.0577 e. The fourth-order valence-corrected chi connectivity index (χ4v) is 2.16. The fourth-order valence-electron chi connectivity index (χ4n) is 1.78. The summed E-state index contributed by atoms with van der Waals surface area (Å²) in [6, 6.07) is 14.5. The Hall–Kier alpha value is -1.48. The van der Waals surface area contributed by atoms with Crippen molar-refractivity contribution in [1.29, 1.82) is 0 Å². The number of halogens is 1. The van der Waals surface area contributed by atoms with Crippen molar-refractivity contribution in [3.05, 3.63) is 58.1 Å². The van der Waals surface area contributed by atoms with Crippen molar-refractivity contribution in [2.45, 2.75) is 19.9 Å². The molecule has 0 unspecified atom stereocenters. The summed E-state index contributed by atoms with van der Waals surface area (Å²) in [6.07, 6.45) is 1.08. The average molecular weight is 305 g/mol. The van der Waals surface area contributed by atoms with Crippen molar-refractivity contribution in [2.24, 2.45) is 0 Å². The Balaban J connectivity index is 2.02. The maximum Gasteiger partial charge on any atom is 0.0577 e. The van der Waals surface area contributed by atoms with Gasteiger partial charge in [0.15, 0.2) is 0 Å². The van der Waals surface area contributed by atoms with Crippen LogP contribution >= 0.6 is 15.9 Å². The number of aryl methyl sites for hydroxylation is 1. The predicted molar refractivity (Wildman–Crippen MR) is 81.7 cm³/mol. The summed E-state index contributed by atoms with van der Waals surface area (Å²) < 4.78 is 0.998. The molecule has 94 valence electrons. The number of rotatable bonds is 4. The number of nitrogens with one attached hydrogen (secondary N) is 1. The van der Waals surface area contributed by atoms with E-state index in [0.29, 0.717) is 0 Å². The lowest BCUT2D eigenvalue weighted by Gasteiger charge is -2.10. The third-order valence-corrected chi connectivity index (χ3v) is 3.42. The Morgan fingerprint density at radius 1 is 1.06 bits per heavy atom. The second-order valence-electron chi connectivity index (χ2n) is 4.26. The van der Waals surface area contributed by atoms with Crippen molar-refractivity contribution >= 4 is 27.3 Å². The Bertz CT molecular complexity index is 521. The van der Waals surface area contributed by atoms with Crippen molar-refractivity contribution in [3.63, 3.8) is 0 Å². The molecule has 0 amide bonds. The summed E-state index contributed by atoms with van der Waals surface area (Å²) in [4.78, 5) is 0. The highest BCUT2D eigenvalue weighted by Gasteiger charge is 1.99. The van der Waals surface area contributed by atoms with Crippen LogP contribution in [-0.4, -0.2) is 0 Å². The molecule has 0 aromatic heterocycles. The molecule has 0 saturated carbocycles. The molecule has 0 bridgehead atoms. The average Bonchev–Trinajstić information content (AvgIpc) is 2.38. The molecule has 0 spiro atoms. The molecule has 2 aromatic carbocycles. The molecule has 2 nitrogen and oxygen atoms in total. The largest absolute Gasteiger partial charge is 0.397 e. The topological polar surface area (TPSA) is 38.0 Å². The van der Waals surface area contributed by atoms with E-state index in [1.807, 2.05) is 18.2 Å². The molecular weight excluding hydrogens is 288 g/mol. The van der Waals surface area contributed by atoms with Crippen LogP contribution < -0.4 is 11.1 Å². The summed E-state index contributed by atoms with van der Waals surface area (Å²) in [6.45, 7) is 2.95. The first-order valence-electron chi connectivity index (χ1n) is 6.05. The number of hydrogen-bond acceptors (Lipinski definition) is 2. The van der Waals surface area contributed by atoms with Gasteiger partial charge in [0, 0.05) is 11.0 Å². The zero-order valence-electron chi connectivity index (χ0n) is 10.4. The minimum atomic E-state index is 0.759. The van der Waals surface area contributed by atoms with Gasteiger partial charge in [0.25, 0.3) is 0 Å². The summed E-state index contributed by atoms with van der Waals surface area (Å²) >= 11 is 3.40. The van der Waals surface area contributed by atoms with Gasteiger partial charge in [-0.3, -0.25) is 0 Å². The van der Waals surface area contributed by atoms with Crippen LogP contribution in [0.3, 0.4) is 0 Å². The molecule has 0 radical (unpaired) electrons. The van der Waals surface area contributed by atoms with Crippen molar-refractivity contribution in [3.8, 4) is 0 Å². The van der Waals surface area contributed by atoms with Crippen LogP contribution in [0.5, 0.6) is 0 Å². The first-order valence-corrected chi connectivity index (χ1v) is 6.85. The molecule has 2 rings (SSSR count). The quantitative estimate of drug-likeness (QED) is 0.831. The fraction of sp³-hybridized carbons (Fsp3) is 0.200. The minimum absolute atomic E-state index is 0.759. The second kappa shape index (κ2) is 5.91. The zero-order chi connectivity index (χ0) is 13.0. The van der Waals surface area contributed by atoms with Gasteiger partial charge in [0.05, 0.1) is 11.4 Å². The lowest BCUT2D eigenvalue weighted by Crippen LogP contribution is -2.02. The molecule has 3 heteroatoms. The van der Waals surface area contributed by atoms with Crippen LogP contribution in [0.1, 0.15) is 18.1 Å². The highest BCUT2D eigenvalue weighted by atomic mass is 79.9. The molecule has 0 saturated heterocycles. The maximum absolute atomic E-state index is 5.94. The van der Waals surface area contributed by atoms with Crippen LogP contribution in [0, 0.1) is 0 Å². The Kier molecular flexibility index (Phi) is 4.26. The van der Waals surface area contributed by atoms with E-state index in [9.17, 15) is 0 Å². The van der Waals surface area contributed by atoms with E-state index in [1.165, 1.54) is 11.1 Å². The van der Waals surface area contributed by atoms with E-state index in [2.05, 4.69) is 52.4 Å². The molecule has 18 heavy (non-hydrogen) atoms. The van der Waals surface area contributed by atoms with Crippen LogP contribution in [0.15, 0.2) is 46.9 Å². The first kappa shape index (κ1) is 13.0. The molecule has 0 aliphatic rings. The number of hydrogen-bond donors (Lipinski definition) is 2. The SMILES string of the molecule is CCc1ccc(CNc2ccc(Br)cc2N)cc1. The van der Waals surface area contributed by atoms with Gasteiger partial charge in [0.2, 0.25) is 0 Å². The highest BCUT2D eigenvalue weighted by Crippen LogP contribution is 2.23. The molecule has 0 atom stereocenters. The van der Waals surface area contributed by atoms with Gasteiger partial charge in [-0.25, -0.2) is 0 Å². The summed E-state index contributed by atoms with van der Waals surface area (Å²) in [5.74, 6) is 0. The molecule has 2 aromatic rings. The Labute approximate surface area is 116 Å². The van der Waals surface area contributed by atoms with Crippen molar-refractivity contribution in [2.75, 3.05) is 11.1 Å². The van der Waals surface area contributed by atoms with Gasteiger partial charge in [-0.2, -0.15) is 0 Å². The predicted octanol–water partition coefficient (Wildman–Crippen LogP) is 4.21. The lowest BCUT2D eigenvalue weighted by molar-refractivity contribution is 1.11. The van der Waals surface area contributed by atoms with E-state index in [4.69, 9.17) is 5.73 Å². The minimum Gasteiger partial charge on any atom is -0.397 e. The van der Waals surface area contributed by atoms with E-state index in [0.717, 1.165) is 28.8 Å². The third-order valence-electron chi connectivity index (χ3n) is 2.93. The monoisotopic (exact) mass is 304 g/mol. The third kappa shape index (κ3) is 3.26. The molecule has 0 aliphatic heterocycles. The van der Waals surface area contributed by atoms with E-state index < -0.39 is 0 Å². The van der Waals surface area contributed by atoms with Gasteiger partial charge >= 0.3 is 0 Å². The zero-order valence-corrected chi connectivity index (χ0v) is 12.0. The standard InChI is InChI=1S/C15H17BrN2/c1-2-11-3-5-12(6-4-11)10-18-15-8-7-13(16)9-14(15)17/h3-9,18H,2,10,17H2,1H3. The highest BCUT2D eigenvalue weighted by molar-refractivity contribution is 9.10. The molecular formula is C15H17BrN2. The maximum atomic E-state index is 5.94. The van der Waals surface area contributed by atoms with Crippen LogP contribution in [0.4, 0.5) is 11.4 Å². The molecule has 0 fully saturated rings. The normalized spacial score (nSPS) is 10.3. The second-order valence-corrected chi connectivity index (χ2v) is 5.17. The van der Waals surface area contributed by atoms with E-state index in [1.54, 1.807) is 0 Å². The number of benzene rings is 2. The van der Waals surface area contributed by atoms with Gasteiger partial charge in [-0.1, -0.05) is 47.1 Å². The van der Waals surface area contributed by atoms with E-state index in [-0.39, 0.29) is 0 Å². The van der Waals surface area contributed by atoms with Gasteiger partial charge in [-0.15, -0.1) is 0 Å². The molecule has 0 aliphatic carbocycles. The van der Waals surface area contributed by atoms with Crippen LogP contribution in [-0.2, 0) is 13.0 Å². The summed E-state index contributed by atoms with van der Waals surface area (Å²) in [5.41, 5.74) is 10.3. The van der Waals surface area contributed by atoms with Gasteiger partial charge in [0.1, 0.15) is 0 Å². The van der Waals surface area contributed by atoms with Gasteiger partial charge in [-0.05, 0) is 35.7 Å². The van der Waals surface area contributed by atoms with Crippen LogP contribution in [0.25, 0.3) is 0 Å². The van der Waals surface area contributed by atoms with Crippen molar-refractivity contribution in [1.82, 2.24) is 0 Å². The summed E-state index contributed by atoms with van der Waals surface area (Å²) in [5, 5.41) is 3.35. The summed E-state index contributed by atoms with van der Waals surface area (Å²) in [7, 11) is 0. The van der Waals surface area contributed by atoms with Gasteiger partial charge < -0.3 is 11.1 Å². The van der Waals surface area contributed by atoms with Crippen LogP contribution in [0.2, 0.25) is 0 Å². The molecule has 3 N–H and O–H groups in total.